The number of aromatic nitrogens is 2. The number of H-pyrrole nitrogens is 2. The molecule has 0 amide bonds. The van der Waals surface area contributed by atoms with Gasteiger partial charge in [-0.1, -0.05) is 0 Å². The Labute approximate surface area is 152 Å². The summed E-state index contributed by atoms with van der Waals surface area (Å²) in [5.74, 6) is 0.321. The highest BCUT2D eigenvalue weighted by Gasteiger charge is 2.21. The zero-order chi connectivity index (χ0) is 17.3. The summed E-state index contributed by atoms with van der Waals surface area (Å²) in [5, 5.41) is 0. The van der Waals surface area contributed by atoms with Gasteiger partial charge in [-0.05, 0) is 37.6 Å². The fourth-order valence-electron chi connectivity index (χ4n) is 2.77. The van der Waals surface area contributed by atoms with E-state index in [1.165, 1.54) is 7.11 Å². The number of methoxy groups -OCH3 is 2. The SMILES string of the molecule is COC(=O)c1c(C)[nH]c(/C=C2\N=C(c3ccc[nH]3)C=C2OC)c1C.Cl. The summed E-state index contributed by atoms with van der Waals surface area (Å²) in [6.07, 6.45) is 5.60. The van der Waals surface area contributed by atoms with Crippen molar-refractivity contribution in [1.29, 1.82) is 0 Å². The van der Waals surface area contributed by atoms with Crippen molar-refractivity contribution >= 4 is 30.2 Å². The van der Waals surface area contributed by atoms with Crippen LogP contribution in [0.4, 0.5) is 0 Å². The van der Waals surface area contributed by atoms with E-state index in [1.54, 1.807) is 7.11 Å². The van der Waals surface area contributed by atoms with E-state index >= 15 is 0 Å². The van der Waals surface area contributed by atoms with Gasteiger partial charge < -0.3 is 19.4 Å². The number of esters is 1. The van der Waals surface area contributed by atoms with Gasteiger partial charge in [0, 0.05) is 23.7 Å². The molecule has 3 rings (SSSR count). The second-order valence-corrected chi connectivity index (χ2v) is 5.48. The van der Waals surface area contributed by atoms with Gasteiger partial charge in [-0.2, -0.15) is 0 Å². The summed E-state index contributed by atoms with van der Waals surface area (Å²) in [4.78, 5) is 22.9. The average molecular weight is 362 g/mol. The number of ether oxygens (including phenoxy) is 2. The number of aliphatic imine (C=N–C) groups is 1. The van der Waals surface area contributed by atoms with Crippen molar-refractivity contribution in [2.24, 2.45) is 4.99 Å². The molecule has 0 saturated heterocycles. The van der Waals surface area contributed by atoms with Gasteiger partial charge in [0.15, 0.2) is 0 Å². The normalized spacial score (nSPS) is 14.8. The lowest BCUT2D eigenvalue weighted by Gasteiger charge is -2.02. The summed E-state index contributed by atoms with van der Waals surface area (Å²) in [6, 6.07) is 3.87. The number of hydrogen-bond acceptors (Lipinski definition) is 4. The van der Waals surface area contributed by atoms with Crippen molar-refractivity contribution in [1.82, 2.24) is 9.97 Å². The van der Waals surface area contributed by atoms with Crippen LogP contribution >= 0.6 is 12.4 Å². The van der Waals surface area contributed by atoms with Gasteiger partial charge in [0.25, 0.3) is 0 Å². The molecule has 0 atom stereocenters. The van der Waals surface area contributed by atoms with Crippen molar-refractivity contribution in [2.75, 3.05) is 14.2 Å². The number of nitrogens with one attached hydrogen (secondary N) is 2. The minimum Gasteiger partial charge on any atom is -0.494 e. The molecule has 1 aliphatic rings. The van der Waals surface area contributed by atoms with Gasteiger partial charge in [0.2, 0.25) is 0 Å². The van der Waals surface area contributed by atoms with E-state index in [1.807, 2.05) is 44.3 Å². The number of aryl methyl sites for hydroxylation is 1. The Morgan fingerprint density at radius 2 is 2.04 bits per heavy atom. The molecule has 0 bridgehead atoms. The van der Waals surface area contributed by atoms with Gasteiger partial charge >= 0.3 is 5.97 Å². The fourth-order valence-corrected chi connectivity index (χ4v) is 2.77. The van der Waals surface area contributed by atoms with E-state index < -0.39 is 0 Å². The van der Waals surface area contributed by atoms with Crippen LogP contribution in [-0.2, 0) is 9.47 Å². The van der Waals surface area contributed by atoms with Crippen molar-refractivity contribution in [3.05, 3.63) is 64.1 Å². The van der Waals surface area contributed by atoms with Gasteiger partial charge in [-0.25, -0.2) is 9.79 Å². The van der Waals surface area contributed by atoms with Crippen LogP contribution in [0.2, 0.25) is 0 Å². The van der Waals surface area contributed by atoms with Crippen LogP contribution in [0.15, 0.2) is 40.9 Å². The van der Waals surface area contributed by atoms with Crippen molar-refractivity contribution < 1.29 is 14.3 Å². The molecule has 1 aliphatic heterocycles. The third-order valence-corrected chi connectivity index (χ3v) is 4.00. The zero-order valence-corrected chi connectivity index (χ0v) is 15.3. The molecule has 0 saturated carbocycles. The van der Waals surface area contributed by atoms with Crippen LogP contribution in [0, 0.1) is 13.8 Å². The molecule has 6 nitrogen and oxygen atoms in total. The minimum atomic E-state index is -0.351. The number of carbonyl (C=O) groups is 1. The second kappa shape index (κ2) is 7.44. The number of allylic oxidation sites excluding steroid dienone is 1. The first-order chi connectivity index (χ1) is 11.5. The molecular weight excluding hydrogens is 342 g/mol. The van der Waals surface area contributed by atoms with E-state index in [0.717, 1.165) is 28.4 Å². The molecule has 0 spiro atoms. The maximum Gasteiger partial charge on any atom is 0.339 e. The highest BCUT2D eigenvalue weighted by atomic mass is 35.5. The molecule has 2 N–H and O–H groups in total. The lowest BCUT2D eigenvalue weighted by atomic mass is 10.1. The van der Waals surface area contributed by atoms with Gasteiger partial charge in [-0.3, -0.25) is 0 Å². The average Bonchev–Trinajstić information content (AvgIpc) is 3.27. The molecule has 0 fully saturated rings. The summed E-state index contributed by atoms with van der Waals surface area (Å²) in [7, 11) is 2.99. The first-order valence-corrected chi connectivity index (χ1v) is 7.52. The minimum absolute atomic E-state index is 0. The highest BCUT2D eigenvalue weighted by molar-refractivity contribution is 6.11. The Morgan fingerprint density at radius 3 is 2.64 bits per heavy atom. The fraction of sp³-hybridized carbons (Fsp3) is 0.222. The van der Waals surface area contributed by atoms with Crippen LogP contribution in [0.5, 0.6) is 0 Å². The van der Waals surface area contributed by atoms with E-state index in [4.69, 9.17) is 9.47 Å². The van der Waals surface area contributed by atoms with Crippen molar-refractivity contribution in [3.8, 4) is 0 Å². The largest absolute Gasteiger partial charge is 0.494 e. The number of nitrogens with zero attached hydrogens (tertiary/aromatic N) is 1. The van der Waals surface area contributed by atoms with E-state index in [0.29, 0.717) is 17.0 Å². The molecule has 132 valence electrons. The maximum absolute atomic E-state index is 11.9. The van der Waals surface area contributed by atoms with E-state index in [2.05, 4.69) is 15.0 Å². The summed E-state index contributed by atoms with van der Waals surface area (Å²) < 4.78 is 10.3. The summed E-state index contributed by atoms with van der Waals surface area (Å²) in [5.41, 5.74) is 5.37. The van der Waals surface area contributed by atoms with Crippen LogP contribution in [-0.4, -0.2) is 35.9 Å². The summed E-state index contributed by atoms with van der Waals surface area (Å²) >= 11 is 0. The van der Waals surface area contributed by atoms with Crippen LogP contribution in [0.3, 0.4) is 0 Å². The number of hydrogen-bond donors (Lipinski definition) is 2. The zero-order valence-electron chi connectivity index (χ0n) is 14.5. The number of carbonyl (C=O) groups excluding carboxylic acids is 1. The molecule has 0 unspecified atom stereocenters. The van der Waals surface area contributed by atoms with E-state index in [9.17, 15) is 4.79 Å². The topological polar surface area (TPSA) is 79.5 Å². The van der Waals surface area contributed by atoms with Crippen LogP contribution in [0.1, 0.15) is 33.0 Å². The predicted molar refractivity (Wildman–Crippen MR) is 99.3 cm³/mol. The standard InChI is InChI=1S/C18H19N3O3.ClH/c1-10-13(20-11(2)17(10)18(22)24-4)8-15-16(23-3)9-14(21-15)12-6-5-7-19-12;/h5-9,19-20H,1-4H3;1H/b15-8-;. The van der Waals surface area contributed by atoms with Gasteiger partial charge in [0.1, 0.15) is 11.5 Å². The smallest absolute Gasteiger partial charge is 0.339 e. The third kappa shape index (κ3) is 3.39. The lowest BCUT2D eigenvalue weighted by molar-refractivity contribution is 0.0599. The molecule has 0 radical (unpaired) electrons. The Bertz CT molecular complexity index is 874. The molecule has 7 heteroatoms. The number of aromatic amines is 2. The summed E-state index contributed by atoms with van der Waals surface area (Å²) in [6.45, 7) is 3.72. The molecule has 3 heterocycles. The van der Waals surface area contributed by atoms with Crippen LogP contribution < -0.4 is 0 Å². The van der Waals surface area contributed by atoms with Crippen LogP contribution in [0.25, 0.3) is 6.08 Å². The van der Waals surface area contributed by atoms with Gasteiger partial charge in [0.05, 0.1) is 31.2 Å². The number of halogens is 1. The third-order valence-electron chi connectivity index (χ3n) is 4.00. The Hall–Kier alpha value is -2.73. The molecular formula is C18H20ClN3O3. The van der Waals surface area contributed by atoms with Crippen molar-refractivity contribution in [2.45, 2.75) is 13.8 Å². The Kier molecular flexibility index (Phi) is 5.54. The molecule has 2 aromatic heterocycles. The molecule has 25 heavy (non-hydrogen) atoms. The lowest BCUT2D eigenvalue weighted by Crippen LogP contribution is -2.03. The molecule has 0 aliphatic carbocycles. The molecule has 2 aromatic rings. The first kappa shape index (κ1) is 18.6. The number of rotatable bonds is 4. The Morgan fingerprint density at radius 1 is 1.28 bits per heavy atom. The monoisotopic (exact) mass is 361 g/mol. The van der Waals surface area contributed by atoms with E-state index in [-0.39, 0.29) is 18.4 Å². The first-order valence-electron chi connectivity index (χ1n) is 7.52. The highest BCUT2D eigenvalue weighted by Crippen LogP contribution is 2.27. The quantitative estimate of drug-likeness (QED) is 0.817. The second-order valence-electron chi connectivity index (χ2n) is 5.48. The maximum atomic E-state index is 11.9. The predicted octanol–water partition coefficient (Wildman–Crippen LogP) is 3.54. The van der Waals surface area contributed by atoms with Crippen molar-refractivity contribution in [3.63, 3.8) is 0 Å². The molecule has 0 aromatic carbocycles. The Balaban J connectivity index is 0.00000225. The van der Waals surface area contributed by atoms with Gasteiger partial charge in [-0.15, -0.1) is 12.4 Å².